The number of anilines is 1. The quantitative estimate of drug-likeness (QED) is 0.913. The van der Waals surface area contributed by atoms with E-state index in [0.29, 0.717) is 27.8 Å². The fraction of sp³-hybridized carbons (Fsp3) is 0.462. The van der Waals surface area contributed by atoms with Gasteiger partial charge in [-0.15, -0.1) is 11.8 Å². The fourth-order valence-corrected chi connectivity index (χ4v) is 4.81. The van der Waals surface area contributed by atoms with Crippen LogP contribution in [0.5, 0.6) is 0 Å². The summed E-state index contributed by atoms with van der Waals surface area (Å²) in [4.78, 5) is 8.67. The lowest BCUT2D eigenvalue weighted by atomic mass is 10.3. The van der Waals surface area contributed by atoms with E-state index in [2.05, 4.69) is 29.0 Å². The molecule has 7 heteroatoms. The second-order valence-electron chi connectivity index (χ2n) is 4.77. The summed E-state index contributed by atoms with van der Waals surface area (Å²) in [7, 11) is 0. The minimum atomic E-state index is 0.272. The van der Waals surface area contributed by atoms with Crippen LogP contribution in [0.3, 0.4) is 0 Å². The van der Waals surface area contributed by atoms with Crippen molar-refractivity contribution >= 4 is 29.2 Å². The van der Waals surface area contributed by atoms with Gasteiger partial charge >= 0.3 is 0 Å². The molecule has 0 saturated carbocycles. The van der Waals surface area contributed by atoms with E-state index in [1.807, 2.05) is 23.5 Å². The first-order chi connectivity index (χ1) is 9.65. The van der Waals surface area contributed by atoms with Crippen LogP contribution in [0.1, 0.15) is 24.9 Å². The Morgan fingerprint density at radius 3 is 2.95 bits per heavy atom. The second kappa shape index (κ2) is 5.65. The summed E-state index contributed by atoms with van der Waals surface area (Å²) in [6.07, 6.45) is 1.67. The Balaban J connectivity index is 1.82. The van der Waals surface area contributed by atoms with Crippen molar-refractivity contribution in [3.05, 3.63) is 24.2 Å². The van der Waals surface area contributed by atoms with E-state index >= 15 is 0 Å². The van der Waals surface area contributed by atoms with Crippen LogP contribution >= 0.6 is 23.5 Å². The number of thioether (sulfide) groups is 2. The largest absolute Gasteiger partial charge is 0.397 e. The third-order valence-corrected chi connectivity index (χ3v) is 6.71. The number of nitrogens with zero attached hydrogens (tertiary/aromatic N) is 3. The Morgan fingerprint density at radius 2 is 2.20 bits per heavy atom. The third-order valence-electron chi connectivity index (χ3n) is 3.32. The molecule has 3 heterocycles. The number of rotatable bonds is 2. The lowest BCUT2D eigenvalue weighted by Gasteiger charge is -2.29. The molecule has 1 saturated heterocycles. The van der Waals surface area contributed by atoms with Gasteiger partial charge in [-0.25, -0.2) is 4.98 Å². The molecule has 106 valence electrons. The SMILES string of the molecule is CC1SCC(c2noc(-c3ncccc3N)n2)SC1C. The summed E-state index contributed by atoms with van der Waals surface area (Å²) in [5.41, 5.74) is 6.99. The monoisotopic (exact) mass is 308 g/mol. The highest BCUT2D eigenvalue weighted by molar-refractivity contribution is 8.07. The summed E-state index contributed by atoms with van der Waals surface area (Å²) in [6.45, 7) is 4.50. The van der Waals surface area contributed by atoms with Gasteiger partial charge in [-0.1, -0.05) is 19.0 Å². The van der Waals surface area contributed by atoms with Gasteiger partial charge in [0.05, 0.1) is 10.9 Å². The van der Waals surface area contributed by atoms with Gasteiger partial charge in [-0.3, -0.25) is 0 Å². The average molecular weight is 308 g/mol. The van der Waals surface area contributed by atoms with Gasteiger partial charge in [0.2, 0.25) is 0 Å². The minimum Gasteiger partial charge on any atom is -0.397 e. The predicted molar refractivity (Wildman–Crippen MR) is 83.7 cm³/mol. The smallest absolute Gasteiger partial charge is 0.278 e. The van der Waals surface area contributed by atoms with Crippen molar-refractivity contribution in [2.75, 3.05) is 11.5 Å². The molecule has 5 nitrogen and oxygen atoms in total. The molecular weight excluding hydrogens is 292 g/mol. The van der Waals surface area contributed by atoms with Crippen molar-refractivity contribution in [1.29, 1.82) is 0 Å². The van der Waals surface area contributed by atoms with Crippen LogP contribution in [0.2, 0.25) is 0 Å². The molecule has 1 fully saturated rings. The normalized spacial score (nSPS) is 26.6. The number of aromatic nitrogens is 3. The number of hydrogen-bond donors (Lipinski definition) is 1. The zero-order valence-corrected chi connectivity index (χ0v) is 12.9. The maximum Gasteiger partial charge on any atom is 0.278 e. The molecule has 0 radical (unpaired) electrons. The first-order valence-electron chi connectivity index (χ1n) is 6.46. The third kappa shape index (κ3) is 2.64. The first-order valence-corrected chi connectivity index (χ1v) is 8.46. The van der Waals surface area contributed by atoms with Crippen LogP contribution in [-0.4, -0.2) is 31.4 Å². The van der Waals surface area contributed by atoms with Crippen molar-refractivity contribution in [3.63, 3.8) is 0 Å². The fourth-order valence-electron chi connectivity index (χ4n) is 1.98. The summed E-state index contributed by atoms with van der Waals surface area (Å²) in [5.74, 6) is 2.14. The topological polar surface area (TPSA) is 77.8 Å². The summed E-state index contributed by atoms with van der Waals surface area (Å²) in [5, 5.41) is 5.62. The molecule has 0 bridgehead atoms. The van der Waals surface area contributed by atoms with E-state index in [9.17, 15) is 0 Å². The highest BCUT2D eigenvalue weighted by Crippen LogP contribution is 2.43. The Kier molecular flexibility index (Phi) is 3.89. The van der Waals surface area contributed by atoms with E-state index < -0.39 is 0 Å². The second-order valence-corrected chi connectivity index (χ2v) is 7.76. The molecule has 0 aromatic carbocycles. The Hall–Kier alpha value is -1.21. The molecular formula is C13H16N4OS2. The van der Waals surface area contributed by atoms with Gasteiger partial charge < -0.3 is 10.3 Å². The van der Waals surface area contributed by atoms with Gasteiger partial charge in [-0.05, 0) is 12.1 Å². The molecule has 3 atom stereocenters. The molecule has 1 aliphatic rings. The van der Waals surface area contributed by atoms with Gasteiger partial charge in [-0.2, -0.15) is 16.7 Å². The van der Waals surface area contributed by atoms with Crippen LogP contribution in [-0.2, 0) is 0 Å². The maximum atomic E-state index is 5.88. The van der Waals surface area contributed by atoms with Crippen LogP contribution in [0, 0.1) is 0 Å². The molecule has 2 aromatic rings. The molecule has 1 aliphatic heterocycles. The molecule has 2 aromatic heterocycles. The number of nitrogen functional groups attached to an aromatic ring is 1. The van der Waals surface area contributed by atoms with Crippen LogP contribution in [0.25, 0.3) is 11.6 Å². The van der Waals surface area contributed by atoms with Crippen molar-refractivity contribution in [2.24, 2.45) is 0 Å². The molecule has 3 unspecified atom stereocenters. The Bertz CT molecular complexity index is 604. The molecule has 0 amide bonds. The standard InChI is InChI=1S/C13H16N4OS2/c1-7-8(2)20-10(6-19-7)12-16-13(18-17-12)11-9(14)4-3-5-15-11/h3-5,7-8,10H,6,14H2,1-2H3. The van der Waals surface area contributed by atoms with Crippen molar-refractivity contribution in [2.45, 2.75) is 29.6 Å². The molecule has 0 aliphatic carbocycles. The van der Waals surface area contributed by atoms with E-state index in [1.165, 1.54) is 0 Å². The van der Waals surface area contributed by atoms with Crippen molar-refractivity contribution in [3.8, 4) is 11.6 Å². The molecule has 20 heavy (non-hydrogen) atoms. The summed E-state index contributed by atoms with van der Waals surface area (Å²) < 4.78 is 5.32. The predicted octanol–water partition coefficient (Wildman–Crippen LogP) is 3.01. The zero-order valence-electron chi connectivity index (χ0n) is 11.3. The average Bonchev–Trinajstić information content (AvgIpc) is 2.92. The number of pyridine rings is 1. The zero-order chi connectivity index (χ0) is 14.1. The maximum absolute atomic E-state index is 5.88. The summed E-state index contributed by atoms with van der Waals surface area (Å²) >= 11 is 3.86. The van der Waals surface area contributed by atoms with Crippen molar-refractivity contribution in [1.82, 2.24) is 15.1 Å². The number of hydrogen-bond acceptors (Lipinski definition) is 7. The van der Waals surface area contributed by atoms with E-state index in [-0.39, 0.29) is 5.25 Å². The molecule has 2 N–H and O–H groups in total. The van der Waals surface area contributed by atoms with Gasteiger partial charge in [0.25, 0.3) is 5.89 Å². The summed E-state index contributed by atoms with van der Waals surface area (Å²) in [6, 6.07) is 3.56. The molecule has 0 spiro atoms. The van der Waals surface area contributed by atoms with Gasteiger partial charge in [0, 0.05) is 22.4 Å². The van der Waals surface area contributed by atoms with Gasteiger partial charge in [0.1, 0.15) is 0 Å². The van der Waals surface area contributed by atoms with E-state index in [1.54, 1.807) is 18.3 Å². The lowest BCUT2D eigenvalue weighted by molar-refractivity contribution is 0.422. The van der Waals surface area contributed by atoms with Crippen LogP contribution in [0.15, 0.2) is 22.9 Å². The van der Waals surface area contributed by atoms with E-state index in [4.69, 9.17) is 10.3 Å². The van der Waals surface area contributed by atoms with Gasteiger partial charge in [0.15, 0.2) is 11.5 Å². The van der Waals surface area contributed by atoms with E-state index in [0.717, 1.165) is 11.6 Å². The van der Waals surface area contributed by atoms with Crippen LogP contribution < -0.4 is 5.73 Å². The van der Waals surface area contributed by atoms with Crippen LogP contribution in [0.4, 0.5) is 5.69 Å². The Morgan fingerprint density at radius 1 is 1.35 bits per heavy atom. The molecule has 3 rings (SSSR count). The highest BCUT2D eigenvalue weighted by atomic mass is 32.2. The lowest BCUT2D eigenvalue weighted by Crippen LogP contribution is -2.22. The van der Waals surface area contributed by atoms with Crippen molar-refractivity contribution < 1.29 is 4.52 Å². The minimum absolute atomic E-state index is 0.272. The first kappa shape index (κ1) is 13.8. The highest BCUT2D eigenvalue weighted by Gasteiger charge is 2.30. The Labute approximate surface area is 126 Å². The number of nitrogens with two attached hydrogens (primary N) is 1.